The molecule has 6 heteroatoms. The maximum atomic E-state index is 12.6. The fraction of sp³-hybridized carbons (Fsp3) is 0.316. The van der Waals surface area contributed by atoms with Gasteiger partial charge in [0.05, 0.1) is 12.2 Å². The molecule has 2 aromatic carbocycles. The Labute approximate surface area is 143 Å². The lowest BCUT2D eigenvalue weighted by Gasteiger charge is -2.15. The molecule has 0 fully saturated rings. The van der Waals surface area contributed by atoms with Crippen molar-refractivity contribution < 1.29 is 22.7 Å². The number of ether oxygens (including phenoxy) is 1. The minimum atomic E-state index is -4.40. The van der Waals surface area contributed by atoms with E-state index in [1.54, 1.807) is 0 Å². The Morgan fingerprint density at radius 1 is 1.20 bits per heavy atom. The second kappa shape index (κ2) is 6.78. The number of fused-ring (bicyclic) bond motifs is 1. The number of amides is 1. The molecule has 1 atom stereocenters. The van der Waals surface area contributed by atoms with E-state index in [2.05, 4.69) is 11.4 Å². The van der Waals surface area contributed by atoms with Crippen molar-refractivity contribution in [2.75, 3.05) is 6.61 Å². The largest absolute Gasteiger partial charge is 0.493 e. The van der Waals surface area contributed by atoms with Crippen LogP contribution in [0.5, 0.6) is 5.75 Å². The number of alkyl halides is 3. The minimum absolute atomic E-state index is 0.143. The Morgan fingerprint density at radius 3 is 2.60 bits per heavy atom. The van der Waals surface area contributed by atoms with Crippen LogP contribution < -0.4 is 10.1 Å². The first-order valence-corrected chi connectivity index (χ1v) is 8.05. The molecule has 1 amide bonds. The van der Waals surface area contributed by atoms with Crippen LogP contribution in [0.15, 0.2) is 42.5 Å². The van der Waals surface area contributed by atoms with Crippen molar-refractivity contribution in [3.63, 3.8) is 0 Å². The molecule has 0 saturated carbocycles. The maximum Gasteiger partial charge on any atom is 0.416 e. The van der Waals surface area contributed by atoms with Crippen LogP contribution in [-0.2, 0) is 19.0 Å². The van der Waals surface area contributed by atoms with E-state index < -0.39 is 11.7 Å². The lowest BCUT2D eigenvalue weighted by Crippen LogP contribution is -2.34. The van der Waals surface area contributed by atoms with Crippen molar-refractivity contribution in [2.24, 2.45) is 0 Å². The van der Waals surface area contributed by atoms with Gasteiger partial charge in [-0.3, -0.25) is 4.79 Å². The summed E-state index contributed by atoms with van der Waals surface area (Å²) in [5.41, 5.74) is 1.70. The molecule has 1 heterocycles. The fourth-order valence-electron chi connectivity index (χ4n) is 2.89. The highest BCUT2D eigenvalue weighted by Gasteiger charge is 2.30. The number of halogens is 3. The van der Waals surface area contributed by atoms with E-state index in [1.807, 2.05) is 19.1 Å². The zero-order chi connectivity index (χ0) is 18.0. The second-order valence-electron chi connectivity index (χ2n) is 6.19. The highest BCUT2D eigenvalue weighted by molar-refractivity contribution is 5.94. The first-order valence-electron chi connectivity index (χ1n) is 8.05. The van der Waals surface area contributed by atoms with Gasteiger partial charge >= 0.3 is 6.18 Å². The number of hydrogen-bond acceptors (Lipinski definition) is 2. The van der Waals surface area contributed by atoms with E-state index >= 15 is 0 Å². The molecule has 1 N–H and O–H groups in total. The topological polar surface area (TPSA) is 38.3 Å². The molecule has 2 aromatic rings. The fourth-order valence-corrected chi connectivity index (χ4v) is 2.89. The van der Waals surface area contributed by atoms with E-state index in [9.17, 15) is 18.0 Å². The number of carbonyl (C=O) groups excluding carboxylic acids is 1. The van der Waals surface area contributed by atoms with Crippen LogP contribution in [0.4, 0.5) is 13.2 Å². The normalized spacial score (nSPS) is 14.6. The van der Waals surface area contributed by atoms with E-state index in [0.717, 1.165) is 29.9 Å². The van der Waals surface area contributed by atoms with Gasteiger partial charge in [-0.2, -0.15) is 13.2 Å². The van der Waals surface area contributed by atoms with Gasteiger partial charge in [0.1, 0.15) is 5.75 Å². The van der Waals surface area contributed by atoms with Crippen molar-refractivity contribution in [1.29, 1.82) is 0 Å². The smallest absolute Gasteiger partial charge is 0.416 e. The van der Waals surface area contributed by atoms with Crippen LogP contribution >= 0.6 is 0 Å². The van der Waals surface area contributed by atoms with Crippen LogP contribution in [0.3, 0.4) is 0 Å². The van der Waals surface area contributed by atoms with Crippen molar-refractivity contribution in [2.45, 2.75) is 32.0 Å². The Kier molecular flexibility index (Phi) is 4.70. The van der Waals surface area contributed by atoms with E-state index in [-0.39, 0.29) is 17.5 Å². The predicted octanol–water partition coefficient (Wildman–Crippen LogP) is 4.00. The molecular formula is C19H18F3NO2. The molecular weight excluding hydrogens is 331 g/mol. The summed E-state index contributed by atoms with van der Waals surface area (Å²) in [4.78, 5) is 12.2. The van der Waals surface area contributed by atoms with Gasteiger partial charge in [0, 0.05) is 18.0 Å². The zero-order valence-corrected chi connectivity index (χ0v) is 13.7. The number of benzene rings is 2. The molecule has 1 aliphatic heterocycles. The molecule has 1 aliphatic rings. The molecule has 25 heavy (non-hydrogen) atoms. The van der Waals surface area contributed by atoms with Crippen LogP contribution in [0.1, 0.15) is 34.0 Å². The third kappa shape index (κ3) is 4.13. The Balaban J connectivity index is 1.60. The Hall–Kier alpha value is -2.50. The minimum Gasteiger partial charge on any atom is -0.493 e. The summed E-state index contributed by atoms with van der Waals surface area (Å²) < 4.78 is 43.1. The van der Waals surface area contributed by atoms with Gasteiger partial charge < -0.3 is 10.1 Å². The highest BCUT2D eigenvalue weighted by Crippen LogP contribution is 2.29. The van der Waals surface area contributed by atoms with Crippen molar-refractivity contribution in [3.05, 3.63) is 64.7 Å². The molecule has 132 valence electrons. The number of rotatable bonds is 4. The highest BCUT2D eigenvalue weighted by atomic mass is 19.4. The van der Waals surface area contributed by atoms with E-state index in [0.29, 0.717) is 13.0 Å². The van der Waals surface area contributed by atoms with Gasteiger partial charge in [0.15, 0.2) is 0 Å². The van der Waals surface area contributed by atoms with Crippen LogP contribution in [0.25, 0.3) is 0 Å². The lowest BCUT2D eigenvalue weighted by atomic mass is 10.0. The van der Waals surface area contributed by atoms with Crippen LogP contribution in [0.2, 0.25) is 0 Å². The quantitative estimate of drug-likeness (QED) is 0.906. The van der Waals surface area contributed by atoms with Crippen molar-refractivity contribution >= 4 is 5.91 Å². The molecule has 1 unspecified atom stereocenters. The molecule has 0 saturated heterocycles. The molecule has 3 nitrogen and oxygen atoms in total. The molecule has 0 radical (unpaired) electrons. The maximum absolute atomic E-state index is 12.6. The monoisotopic (exact) mass is 349 g/mol. The Bertz CT molecular complexity index is 769. The molecule has 3 rings (SSSR count). The molecule has 0 aromatic heterocycles. The lowest BCUT2D eigenvalue weighted by molar-refractivity contribution is -0.137. The number of hydrogen-bond donors (Lipinski definition) is 1. The molecule has 0 aliphatic carbocycles. The van der Waals surface area contributed by atoms with Crippen LogP contribution in [0, 0.1) is 0 Å². The van der Waals surface area contributed by atoms with E-state index in [4.69, 9.17) is 4.74 Å². The summed E-state index contributed by atoms with van der Waals surface area (Å²) in [7, 11) is 0. The summed E-state index contributed by atoms with van der Waals surface area (Å²) in [6, 6.07) is 10.0. The average Bonchev–Trinajstić information content (AvgIpc) is 3.01. The summed E-state index contributed by atoms with van der Waals surface area (Å²) in [6.45, 7) is 2.56. The first kappa shape index (κ1) is 17.3. The van der Waals surface area contributed by atoms with Crippen molar-refractivity contribution in [1.82, 2.24) is 5.32 Å². The van der Waals surface area contributed by atoms with E-state index in [1.165, 1.54) is 17.7 Å². The van der Waals surface area contributed by atoms with Crippen molar-refractivity contribution in [3.8, 4) is 5.75 Å². The number of carbonyl (C=O) groups is 1. The number of nitrogens with one attached hydrogen (secondary N) is 1. The zero-order valence-electron chi connectivity index (χ0n) is 13.7. The van der Waals surface area contributed by atoms with Crippen LogP contribution in [-0.4, -0.2) is 18.6 Å². The SMILES string of the molecule is CC(Cc1ccc2c(c1)CCO2)NC(=O)c1ccc(C(F)(F)F)cc1. The summed E-state index contributed by atoms with van der Waals surface area (Å²) in [5, 5.41) is 2.82. The third-order valence-corrected chi connectivity index (χ3v) is 4.15. The summed E-state index contributed by atoms with van der Waals surface area (Å²) in [6.07, 6.45) is -2.88. The first-order chi connectivity index (χ1) is 11.8. The van der Waals surface area contributed by atoms with Gasteiger partial charge in [-0.25, -0.2) is 0 Å². The van der Waals surface area contributed by atoms with Gasteiger partial charge in [0.25, 0.3) is 5.91 Å². The second-order valence-corrected chi connectivity index (χ2v) is 6.19. The summed E-state index contributed by atoms with van der Waals surface area (Å²) >= 11 is 0. The third-order valence-electron chi connectivity index (χ3n) is 4.15. The Morgan fingerprint density at radius 2 is 1.92 bits per heavy atom. The standard InChI is InChI=1S/C19H18F3NO2/c1-12(10-13-2-7-17-15(11-13)8-9-25-17)23-18(24)14-3-5-16(6-4-14)19(20,21)22/h2-7,11-12H,8-10H2,1H3,(H,23,24). The molecule has 0 spiro atoms. The summed E-state index contributed by atoms with van der Waals surface area (Å²) in [5.74, 6) is 0.524. The predicted molar refractivity (Wildman–Crippen MR) is 87.7 cm³/mol. The van der Waals surface area contributed by atoms with Gasteiger partial charge in [-0.05, 0) is 54.8 Å². The van der Waals surface area contributed by atoms with Gasteiger partial charge in [0.2, 0.25) is 0 Å². The van der Waals surface area contributed by atoms with Gasteiger partial charge in [-0.1, -0.05) is 12.1 Å². The molecule has 0 bridgehead atoms. The average molecular weight is 349 g/mol. The van der Waals surface area contributed by atoms with Gasteiger partial charge in [-0.15, -0.1) is 0 Å².